The van der Waals surface area contributed by atoms with Crippen molar-refractivity contribution in [2.45, 2.75) is 6.92 Å². The molecule has 0 unspecified atom stereocenters. The molecule has 108 valence electrons. The van der Waals surface area contributed by atoms with E-state index in [1.807, 2.05) is 0 Å². The van der Waals surface area contributed by atoms with E-state index in [0.717, 1.165) is 0 Å². The lowest BCUT2D eigenvalue weighted by molar-refractivity contribution is -0.401. The number of aromatic nitrogens is 3. The number of furan rings is 1. The Morgan fingerprint density at radius 3 is 2.71 bits per heavy atom. The first-order chi connectivity index (χ1) is 9.97. The molecular formula is C11H8N4O6. The summed E-state index contributed by atoms with van der Waals surface area (Å²) in [7, 11) is 1.52. The average Bonchev–Trinajstić information content (AvgIpc) is 3.10. The van der Waals surface area contributed by atoms with E-state index in [1.165, 1.54) is 23.9 Å². The number of nitrogens with zero attached hydrogens (tertiary/aromatic N) is 4. The molecule has 0 aliphatic heterocycles. The average molecular weight is 292 g/mol. The molecule has 0 saturated heterocycles. The number of rotatable bonds is 3. The van der Waals surface area contributed by atoms with Crippen LogP contribution in [0, 0.1) is 17.0 Å². The van der Waals surface area contributed by atoms with E-state index in [9.17, 15) is 14.9 Å². The van der Waals surface area contributed by atoms with Crippen LogP contribution in [0.25, 0.3) is 23.2 Å². The lowest BCUT2D eigenvalue weighted by atomic mass is 10.3. The van der Waals surface area contributed by atoms with E-state index >= 15 is 0 Å². The highest BCUT2D eigenvalue weighted by Crippen LogP contribution is 2.26. The molecule has 3 rings (SSSR count). The molecule has 0 saturated carbocycles. The molecule has 0 amide bonds. The third kappa shape index (κ3) is 2.02. The van der Waals surface area contributed by atoms with Crippen molar-refractivity contribution in [2.75, 3.05) is 0 Å². The van der Waals surface area contributed by atoms with Crippen LogP contribution in [0.15, 0.2) is 30.4 Å². The van der Waals surface area contributed by atoms with E-state index in [4.69, 9.17) is 13.5 Å². The van der Waals surface area contributed by atoms with E-state index in [-0.39, 0.29) is 17.5 Å². The number of hydrogen-bond acceptors (Lipinski definition) is 8. The van der Waals surface area contributed by atoms with Crippen LogP contribution in [0.5, 0.6) is 0 Å². The molecule has 0 aliphatic rings. The molecule has 0 fully saturated rings. The third-order valence-electron chi connectivity index (χ3n) is 2.82. The van der Waals surface area contributed by atoms with Crippen LogP contribution < -0.4 is 5.63 Å². The zero-order chi connectivity index (χ0) is 15.1. The van der Waals surface area contributed by atoms with Crippen LogP contribution in [0.3, 0.4) is 0 Å². The molecule has 0 spiro atoms. The van der Waals surface area contributed by atoms with Gasteiger partial charge in [0.2, 0.25) is 5.82 Å². The van der Waals surface area contributed by atoms with Gasteiger partial charge >= 0.3 is 11.5 Å². The van der Waals surface area contributed by atoms with Gasteiger partial charge in [-0.2, -0.15) is 4.98 Å². The largest absolute Gasteiger partial charge is 0.433 e. The van der Waals surface area contributed by atoms with E-state index in [0.29, 0.717) is 11.3 Å². The van der Waals surface area contributed by atoms with Gasteiger partial charge in [-0.15, -0.1) is 0 Å². The molecule has 0 aliphatic carbocycles. The van der Waals surface area contributed by atoms with Crippen molar-refractivity contribution in [1.29, 1.82) is 0 Å². The van der Waals surface area contributed by atoms with Crippen molar-refractivity contribution < 1.29 is 18.4 Å². The van der Waals surface area contributed by atoms with Gasteiger partial charge in [0.25, 0.3) is 5.89 Å². The van der Waals surface area contributed by atoms with Gasteiger partial charge in [-0.1, -0.05) is 5.16 Å². The third-order valence-corrected chi connectivity index (χ3v) is 2.82. The predicted molar refractivity (Wildman–Crippen MR) is 66.3 cm³/mol. The Labute approximate surface area is 115 Å². The summed E-state index contributed by atoms with van der Waals surface area (Å²) in [4.78, 5) is 25.4. The van der Waals surface area contributed by atoms with Crippen molar-refractivity contribution in [3.63, 3.8) is 0 Å². The standard InChI is InChI=1S/C11H8N4O6/c1-5-8(14(2)21-11(5)16)10-12-9(13-20-10)6-3-4-7(19-6)15(17)18/h3-4H,1-2H3. The smallest absolute Gasteiger partial charge is 0.397 e. The van der Waals surface area contributed by atoms with Crippen LogP contribution in [-0.4, -0.2) is 19.8 Å². The maximum absolute atomic E-state index is 11.4. The number of aryl methyl sites for hydroxylation is 1. The molecular weight excluding hydrogens is 284 g/mol. The first-order valence-electron chi connectivity index (χ1n) is 5.73. The summed E-state index contributed by atoms with van der Waals surface area (Å²) in [5, 5.41) is 14.2. The quantitative estimate of drug-likeness (QED) is 0.524. The number of nitro groups is 1. The van der Waals surface area contributed by atoms with Crippen molar-refractivity contribution in [1.82, 2.24) is 14.9 Å². The second-order valence-electron chi connectivity index (χ2n) is 4.17. The van der Waals surface area contributed by atoms with Gasteiger partial charge in [0.1, 0.15) is 10.6 Å². The molecule has 0 radical (unpaired) electrons. The fourth-order valence-electron chi connectivity index (χ4n) is 1.83. The maximum atomic E-state index is 11.4. The molecule has 0 atom stereocenters. The fourth-order valence-corrected chi connectivity index (χ4v) is 1.83. The Morgan fingerprint density at radius 1 is 1.38 bits per heavy atom. The normalized spacial score (nSPS) is 11.0. The second kappa shape index (κ2) is 4.44. The molecule has 0 aromatic carbocycles. The lowest BCUT2D eigenvalue weighted by Crippen LogP contribution is -1.95. The highest BCUT2D eigenvalue weighted by atomic mass is 16.6. The second-order valence-corrected chi connectivity index (χ2v) is 4.17. The Kier molecular flexibility index (Phi) is 2.71. The van der Waals surface area contributed by atoms with Crippen molar-refractivity contribution >= 4 is 5.88 Å². The van der Waals surface area contributed by atoms with Gasteiger partial charge in [-0.05, 0) is 13.0 Å². The Balaban J connectivity index is 2.03. The molecule has 10 nitrogen and oxygen atoms in total. The zero-order valence-electron chi connectivity index (χ0n) is 10.9. The summed E-state index contributed by atoms with van der Waals surface area (Å²) >= 11 is 0. The van der Waals surface area contributed by atoms with Crippen LogP contribution >= 0.6 is 0 Å². The topological polar surface area (TPSA) is 130 Å². The molecule has 3 heterocycles. The van der Waals surface area contributed by atoms with Crippen LogP contribution in [0.2, 0.25) is 0 Å². The van der Waals surface area contributed by atoms with E-state index < -0.39 is 16.4 Å². The van der Waals surface area contributed by atoms with Crippen LogP contribution in [-0.2, 0) is 7.05 Å². The fraction of sp³-hybridized carbons (Fsp3) is 0.182. The van der Waals surface area contributed by atoms with Gasteiger partial charge in [-0.25, -0.2) is 9.53 Å². The zero-order valence-corrected chi connectivity index (χ0v) is 10.9. The van der Waals surface area contributed by atoms with Crippen molar-refractivity contribution in [3.8, 4) is 23.2 Å². The van der Waals surface area contributed by atoms with Gasteiger partial charge in [0.05, 0.1) is 11.6 Å². The van der Waals surface area contributed by atoms with Gasteiger partial charge < -0.3 is 13.5 Å². The summed E-state index contributed by atoms with van der Waals surface area (Å²) in [6.45, 7) is 1.56. The molecule has 10 heteroatoms. The van der Waals surface area contributed by atoms with Crippen LogP contribution in [0.1, 0.15) is 5.56 Å². The Morgan fingerprint density at radius 2 is 2.14 bits per heavy atom. The molecule has 0 N–H and O–H groups in total. The SMILES string of the molecule is Cc1c(-c2nc(-c3ccc([N+](=O)[O-])o3)no2)n(C)oc1=O. The van der Waals surface area contributed by atoms with Crippen LogP contribution in [0.4, 0.5) is 5.88 Å². The molecule has 3 aromatic rings. The van der Waals surface area contributed by atoms with E-state index in [1.54, 1.807) is 6.92 Å². The first kappa shape index (κ1) is 12.8. The molecule has 21 heavy (non-hydrogen) atoms. The van der Waals surface area contributed by atoms with Crippen molar-refractivity contribution in [3.05, 3.63) is 38.2 Å². The number of hydrogen-bond donors (Lipinski definition) is 0. The monoisotopic (exact) mass is 292 g/mol. The minimum absolute atomic E-state index is 0.0335. The Bertz CT molecular complexity index is 883. The lowest BCUT2D eigenvalue weighted by Gasteiger charge is -1.93. The summed E-state index contributed by atoms with van der Waals surface area (Å²) in [5.74, 6) is -0.257. The van der Waals surface area contributed by atoms with Gasteiger partial charge in [-0.3, -0.25) is 10.1 Å². The summed E-state index contributed by atoms with van der Waals surface area (Å²) in [6.07, 6.45) is 0. The summed E-state index contributed by atoms with van der Waals surface area (Å²) < 4.78 is 16.1. The minimum Gasteiger partial charge on any atom is -0.397 e. The minimum atomic E-state index is -0.672. The molecule has 3 aromatic heterocycles. The molecule has 0 bridgehead atoms. The highest BCUT2D eigenvalue weighted by molar-refractivity contribution is 5.56. The maximum Gasteiger partial charge on any atom is 0.433 e. The first-order valence-corrected chi connectivity index (χ1v) is 5.73. The summed E-state index contributed by atoms with van der Waals surface area (Å²) in [6, 6.07) is 2.54. The van der Waals surface area contributed by atoms with Crippen molar-refractivity contribution in [2.24, 2.45) is 7.05 Å². The predicted octanol–water partition coefficient (Wildman–Crippen LogP) is 1.50. The van der Waals surface area contributed by atoms with Gasteiger partial charge in [0, 0.05) is 7.05 Å². The van der Waals surface area contributed by atoms with Gasteiger partial charge in [0.15, 0.2) is 5.76 Å². The Hall–Kier alpha value is -3.17. The van der Waals surface area contributed by atoms with E-state index in [2.05, 4.69) is 10.1 Å². The highest BCUT2D eigenvalue weighted by Gasteiger charge is 2.22. The summed E-state index contributed by atoms with van der Waals surface area (Å²) in [5.41, 5.74) is 0.138.